The molecule has 0 radical (unpaired) electrons. The van der Waals surface area contributed by atoms with Crippen molar-refractivity contribution in [3.05, 3.63) is 0 Å². The summed E-state index contributed by atoms with van der Waals surface area (Å²) in [5, 5.41) is 4.90. The summed E-state index contributed by atoms with van der Waals surface area (Å²) in [6, 6.07) is 0. The number of hydrogen-bond donors (Lipinski definition) is 1. The Balaban J connectivity index is 1.93. The van der Waals surface area contributed by atoms with E-state index < -0.39 is 0 Å². The van der Waals surface area contributed by atoms with Crippen molar-refractivity contribution in [1.82, 2.24) is 5.32 Å². The van der Waals surface area contributed by atoms with Crippen molar-refractivity contribution in [2.45, 2.75) is 44.6 Å². The summed E-state index contributed by atoms with van der Waals surface area (Å²) in [7, 11) is 0. The Morgan fingerprint density at radius 3 is 2.18 bits per heavy atom. The molecule has 1 N–H and O–H groups in total. The van der Waals surface area contributed by atoms with E-state index in [1.807, 2.05) is 0 Å². The summed E-state index contributed by atoms with van der Waals surface area (Å²) in [5.41, 5.74) is -0.108. The van der Waals surface area contributed by atoms with Crippen LogP contribution in [0.5, 0.6) is 0 Å². The van der Waals surface area contributed by atoms with Gasteiger partial charge in [-0.1, -0.05) is 51.6 Å². The Labute approximate surface area is 121 Å². The lowest BCUT2D eigenvalue weighted by atomic mass is 10.0. The average Bonchev–Trinajstić information content (AvgIpc) is 3.10. The Morgan fingerprint density at radius 1 is 1.24 bits per heavy atom. The Bertz CT molecular complexity index is 271. The van der Waals surface area contributed by atoms with E-state index in [9.17, 15) is 4.79 Å². The largest absolute Gasteiger partial charge is 0.349 e. The van der Waals surface area contributed by atoms with E-state index in [-0.39, 0.29) is 5.54 Å². The highest BCUT2D eigenvalue weighted by atomic mass is 79.9. The van der Waals surface area contributed by atoms with Crippen LogP contribution in [0, 0.1) is 17.8 Å². The van der Waals surface area contributed by atoms with Crippen LogP contribution in [0.1, 0.15) is 39.0 Å². The van der Waals surface area contributed by atoms with E-state index in [1.54, 1.807) is 0 Å². The molecule has 2 saturated carbocycles. The lowest BCUT2D eigenvalue weighted by Crippen LogP contribution is -2.51. The monoisotopic (exact) mass is 365 g/mol. The minimum atomic E-state index is -0.108. The van der Waals surface area contributed by atoms with Gasteiger partial charge in [-0.15, -0.1) is 0 Å². The number of fused-ring (bicyclic) bond motifs is 1. The predicted octanol–water partition coefficient (Wildman–Crippen LogP) is 3.48. The smallest absolute Gasteiger partial charge is 0.224 e. The highest BCUT2D eigenvalue weighted by Crippen LogP contribution is 2.55. The van der Waals surface area contributed by atoms with Crippen LogP contribution < -0.4 is 5.32 Å². The molecule has 2 rings (SSSR count). The quantitative estimate of drug-likeness (QED) is 0.741. The molecule has 0 spiro atoms. The van der Waals surface area contributed by atoms with E-state index in [0.717, 1.165) is 17.1 Å². The normalized spacial score (nSPS) is 31.8. The first-order valence-corrected chi connectivity index (χ1v) is 8.85. The minimum absolute atomic E-state index is 0.108. The van der Waals surface area contributed by atoms with E-state index in [0.29, 0.717) is 23.7 Å². The van der Waals surface area contributed by atoms with Crippen molar-refractivity contribution in [3.63, 3.8) is 0 Å². The number of halogens is 2. The zero-order valence-corrected chi connectivity index (χ0v) is 13.5. The van der Waals surface area contributed by atoms with Crippen LogP contribution in [0.25, 0.3) is 0 Å². The molecule has 4 heteroatoms. The molecule has 0 bridgehead atoms. The van der Waals surface area contributed by atoms with Gasteiger partial charge in [0.2, 0.25) is 5.91 Å². The molecular formula is C13H21Br2NO. The number of carbonyl (C=O) groups excluding carboxylic acids is 1. The molecule has 0 aromatic carbocycles. The summed E-state index contributed by atoms with van der Waals surface area (Å²) in [6.45, 7) is 2.13. The average molecular weight is 367 g/mol. The van der Waals surface area contributed by atoms with Gasteiger partial charge in [-0.25, -0.2) is 0 Å². The van der Waals surface area contributed by atoms with Gasteiger partial charge in [0.25, 0.3) is 0 Å². The predicted molar refractivity (Wildman–Crippen MR) is 77.7 cm³/mol. The fourth-order valence-electron chi connectivity index (χ4n) is 3.11. The molecule has 0 aromatic rings. The molecule has 2 aliphatic carbocycles. The van der Waals surface area contributed by atoms with Crippen LogP contribution in [0.15, 0.2) is 0 Å². The Morgan fingerprint density at radius 2 is 1.76 bits per heavy atom. The lowest BCUT2D eigenvalue weighted by molar-refractivity contribution is -0.124. The van der Waals surface area contributed by atoms with Gasteiger partial charge in [0.05, 0.1) is 5.54 Å². The van der Waals surface area contributed by atoms with Gasteiger partial charge >= 0.3 is 0 Å². The maximum Gasteiger partial charge on any atom is 0.224 e. The van der Waals surface area contributed by atoms with Gasteiger partial charge in [0.1, 0.15) is 0 Å². The van der Waals surface area contributed by atoms with Gasteiger partial charge in [0.15, 0.2) is 0 Å². The van der Waals surface area contributed by atoms with Gasteiger partial charge in [0, 0.05) is 16.6 Å². The number of amides is 1. The zero-order chi connectivity index (χ0) is 12.5. The molecule has 2 unspecified atom stereocenters. The van der Waals surface area contributed by atoms with E-state index in [1.165, 1.54) is 25.7 Å². The topological polar surface area (TPSA) is 29.1 Å². The number of alkyl halides is 2. The van der Waals surface area contributed by atoms with Gasteiger partial charge in [-0.2, -0.15) is 0 Å². The van der Waals surface area contributed by atoms with Crippen LogP contribution in [-0.2, 0) is 4.79 Å². The lowest BCUT2D eigenvalue weighted by Gasteiger charge is -2.30. The Kier molecular flexibility index (Phi) is 4.56. The number of hydrogen-bond acceptors (Lipinski definition) is 1. The van der Waals surface area contributed by atoms with Crippen LogP contribution >= 0.6 is 31.9 Å². The Hall–Kier alpha value is 0.430. The zero-order valence-electron chi connectivity index (χ0n) is 10.3. The van der Waals surface area contributed by atoms with E-state index >= 15 is 0 Å². The van der Waals surface area contributed by atoms with Crippen molar-refractivity contribution in [3.8, 4) is 0 Å². The van der Waals surface area contributed by atoms with E-state index in [2.05, 4.69) is 44.1 Å². The van der Waals surface area contributed by atoms with Crippen molar-refractivity contribution in [1.29, 1.82) is 0 Å². The summed E-state index contributed by atoms with van der Waals surface area (Å²) in [5.74, 6) is 2.01. The molecule has 17 heavy (non-hydrogen) atoms. The second kappa shape index (κ2) is 5.60. The van der Waals surface area contributed by atoms with Gasteiger partial charge in [-0.3, -0.25) is 4.79 Å². The first-order chi connectivity index (χ1) is 8.17. The fourth-order valence-corrected chi connectivity index (χ4v) is 5.11. The summed E-state index contributed by atoms with van der Waals surface area (Å²) in [4.78, 5) is 12.3. The molecule has 2 aliphatic rings. The second-order valence-electron chi connectivity index (χ2n) is 5.53. The summed E-state index contributed by atoms with van der Waals surface area (Å²) < 4.78 is 0. The molecular weight excluding hydrogens is 346 g/mol. The molecule has 0 aromatic heterocycles. The maximum absolute atomic E-state index is 12.3. The van der Waals surface area contributed by atoms with Crippen LogP contribution in [0.4, 0.5) is 0 Å². The first kappa shape index (κ1) is 13.9. The van der Waals surface area contributed by atoms with Crippen molar-refractivity contribution in [2.75, 3.05) is 10.7 Å². The second-order valence-corrected chi connectivity index (χ2v) is 6.65. The molecule has 0 heterocycles. The highest BCUT2D eigenvalue weighted by molar-refractivity contribution is 9.09. The standard InChI is InChI=1S/C13H21Br2NO/c1-2-13(7-14,8-15)16-12(17)11-9-5-3-4-6-10(9)11/h9-11H,2-8H2,1H3,(H,16,17). The van der Waals surface area contributed by atoms with Crippen molar-refractivity contribution >= 4 is 37.8 Å². The van der Waals surface area contributed by atoms with Gasteiger partial charge < -0.3 is 5.32 Å². The fraction of sp³-hybridized carbons (Fsp3) is 0.923. The highest BCUT2D eigenvalue weighted by Gasteiger charge is 2.55. The maximum atomic E-state index is 12.3. The van der Waals surface area contributed by atoms with Crippen molar-refractivity contribution in [2.24, 2.45) is 17.8 Å². The molecule has 98 valence electrons. The molecule has 2 fully saturated rings. The molecule has 0 aliphatic heterocycles. The van der Waals surface area contributed by atoms with Crippen LogP contribution in [-0.4, -0.2) is 22.1 Å². The molecule has 2 atom stereocenters. The van der Waals surface area contributed by atoms with E-state index in [4.69, 9.17) is 0 Å². The first-order valence-electron chi connectivity index (χ1n) is 6.61. The van der Waals surface area contributed by atoms with Crippen LogP contribution in [0.2, 0.25) is 0 Å². The summed E-state index contributed by atoms with van der Waals surface area (Å²) >= 11 is 7.05. The molecule has 0 saturated heterocycles. The molecule has 1 amide bonds. The summed E-state index contributed by atoms with van der Waals surface area (Å²) in [6.07, 6.45) is 6.13. The SMILES string of the molecule is CCC(CBr)(CBr)NC(=O)C1C2CCCCC21. The number of nitrogens with one attached hydrogen (secondary N) is 1. The third-order valence-electron chi connectivity index (χ3n) is 4.54. The van der Waals surface area contributed by atoms with Gasteiger partial charge in [-0.05, 0) is 31.1 Å². The number of carbonyl (C=O) groups is 1. The van der Waals surface area contributed by atoms with Crippen LogP contribution in [0.3, 0.4) is 0 Å². The van der Waals surface area contributed by atoms with Crippen molar-refractivity contribution < 1.29 is 4.79 Å². The molecule has 2 nitrogen and oxygen atoms in total. The number of rotatable bonds is 5. The third kappa shape index (κ3) is 2.73. The third-order valence-corrected chi connectivity index (χ3v) is 6.68. The minimum Gasteiger partial charge on any atom is -0.349 e.